The lowest BCUT2D eigenvalue weighted by molar-refractivity contribution is 0.247. The second-order valence-corrected chi connectivity index (χ2v) is 6.20. The van der Waals surface area contributed by atoms with Crippen LogP contribution in [-0.4, -0.2) is 36.1 Å². The fraction of sp³-hybridized carbons (Fsp3) is 0.333. The monoisotopic (exact) mass is 326 g/mol. The van der Waals surface area contributed by atoms with E-state index >= 15 is 0 Å². The van der Waals surface area contributed by atoms with Gasteiger partial charge in [0, 0.05) is 32.7 Å². The topological polar surface area (TPSA) is 43.2 Å². The Balaban J connectivity index is 1.62. The molecule has 2 heterocycles. The van der Waals surface area contributed by atoms with E-state index in [0.29, 0.717) is 5.69 Å². The lowest BCUT2D eigenvalue weighted by Crippen LogP contribution is -2.46. The number of para-hydroxylation sites is 1. The molecule has 3 rings (SSSR count). The molecule has 0 N–H and O–H groups in total. The van der Waals surface area contributed by atoms with Crippen LogP contribution in [0.2, 0.25) is 5.02 Å². The molecule has 1 aromatic heterocycles. The van der Waals surface area contributed by atoms with Gasteiger partial charge >= 0.3 is 0 Å². The van der Waals surface area contributed by atoms with Crippen molar-refractivity contribution in [3.05, 3.63) is 58.4 Å². The average molecular weight is 327 g/mol. The van der Waals surface area contributed by atoms with Crippen LogP contribution in [0.4, 0.5) is 5.69 Å². The van der Waals surface area contributed by atoms with E-state index in [4.69, 9.17) is 16.9 Å². The maximum Gasteiger partial charge on any atom is 0.143 e. The number of pyridine rings is 1. The predicted molar refractivity (Wildman–Crippen MR) is 92.6 cm³/mol. The number of aryl methyl sites for hydroxylation is 1. The molecule has 1 aliphatic heterocycles. The first-order valence-corrected chi connectivity index (χ1v) is 8.13. The van der Waals surface area contributed by atoms with Crippen molar-refractivity contribution < 1.29 is 0 Å². The van der Waals surface area contributed by atoms with E-state index < -0.39 is 0 Å². The number of nitrogens with zero attached hydrogens (tertiary/aromatic N) is 4. The third kappa shape index (κ3) is 3.64. The highest BCUT2D eigenvalue weighted by Crippen LogP contribution is 2.26. The average Bonchev–Trinajstić information content (AvgIpc) is 2.58. The van der Waals surface area contributed by atoms with Crippen LogP contribution in [0, 0.1) is 18.3 Å². The Hall–Kier alpha value is -2.09. The molecule has 0 atom stereocenters. The third-order valence-electron chi connectivity index (χ3n) is 4.21. The standard InChI is InChI=1S/C18H19ClN4/c1-14-6-7-15(21-17(14)12-20)13-22-8-10-23(11-9-22)18-5-3-2-4-16(18)19/h2-7H,8-11,13H2,1H3. The van der Waals surface area contributed by atoms with E-state index in [1.165, 1.54) is 0 Å². The van der Waals surface area contributed by atoms with E-state index in [1.54, 1.807) is 0 Å². The molecule has 118 valence electrons. The quantitative estimate of drug-likeness (QED) is 0.868. The van der Waals surface area contributed by atoms with Crippen LogP contribution in [0.15, 0.2) is 36.4 Å². The van der Waals surface area contributed by atoms with Gasteiger partial charge in [-0.25, -0.2) is 4.98 Å². The molecule has 0 spiro atoms. The highest BCUT2D eigenvalue weighted by Gasteiger charge is 2.19. The molecule has 5 heteroatoms. The van der Waals surface area contributed by atoms with Crippen LogP contribution in [0.1, 0.15) is 17.0 Å². The first-order chi connectivity index (χ1) is 11.2. The van der Waals surface area contributed by atoms with Gasteiger partial charge in [0.1, 0.15) is 11.8 Å². The zero-order valence-corrected chi connectivity index (χ0v) is 13.9. The molecule has 2 aromatic rings. The fourth-order valence-electron chi connectivity index (χ4n) is 2.85. The van der Waals surface area contributed by atoms with Crippen molar-refractivity contribution in [1.82, 2.24) is 9.88 Å². The summed E-state index contributed by atoms with van der Waals surface area (Å²) in [4.78, 5) is 9.13. The molecule has 1 saturated heterocycles. The second-order valence-electron chi connectivity index (χ2n) is 5.79. The van der Waals surface area contributed by atoms with Crippen LogP contribution in [0.25, 0.3) is 0 Å². The molecule has 1 aliphatic rings. The number of aromatic nitrogens is 1. The molecule has 4 nitrogen and oxygen atoms in total. The van der Waals surface area contributed by atoms with Gasteiger partial charge in [0.2, 0.25) is 0 Å². The molecular weight excluding hydrogens is 308 g/mol. The largest absolute Gasteiger partial charge is 0.368 e. The number of hydrogen-bond donors (Lipinski definition) is 0. The molecular formula is C18H19ClN4. The van der Waals surface area contributed by atoms with Crippen LogP contribution in [-0.2, 0) is 6.54 Å². The zero-order chi connectivity index (χ0) is 16.2. The number of halogens is 1. The minimum atomic E-state index is 0.525. The maximum atomic E-state index is 9.09. The molecule has 1 aromatic carbocycles. The summed E-state index contributed by atoms with van der Waals surface area (Å²) in [6.45, 7) is 6.51. The van der Waals surface area contributed by atoms with Crippen molar-refractivity contribution in [1.29, 1.82) is 5.26 Å². The van der Waals surface area contributed by atoms with Crippen LogP contribution < -0.4 is 4.90 Å². The van der Waals surface area contributed by atoms with Crippen molar-refractivity contribution in [3.63, 3.8) is 0 Å². The lowest BCUT2D eigenvalue weighted by atomic mass is 10.2. The van der Waals surface area contributed by atoms with Crippen molar-refractivity contribution in [3.8, 4) is 6.07 Å². The van der Waals surface area contributed by atoms with Crippen LogP contribution >= 0.6 is 11.6 Å². The van der Waals surface area contributed by atoms with E-state index in [1.807, 2.05) is 37.3 Å². The molecule has 1 fully saturated rings. The molecule has 23 heavy (non-hydrogen) atoms. The highest BCUT2D eigenvalue weighted by molar-refractivity contribution is 6.33. The van der Waals surface area contributed by atoms with E-state index in [0.717, 1.165) is 54.7 Å². The Labute approximate surface area is 141 Å². The normalized spacial score (nSPS) is 15.4. The van der Waals surface area contributed by atoms with E-state index in [9.17, 15) is 0 Å². The van der Waals surface area contributed by atoms with Crippen molar-refractivity contribution in [2.45, 2.75) is 13.5 Å². The maximum absolute atomic E-state index is 9.09. The number of rotatable bonds is 3. The summed E-state index contributed by atoms with van der Waals surface area (Å²) in [5.74, 6) is 0. The molecule has 0 saturated carbocycles. The summed E-state index contributed by atoms with van der Waals surface area (Å²) in [6.07, 6.45) is 0. The SMILES string of the molecule is Cc1ccc(CN2CCN(c3ccccc3Cl)CC2)nc1C#N. The minimum Gasteiger partial charge on any atom is -0.368 e. The van der Waals surface area contributed by atoms with Gasteiger partial charge in [-0.05, 0) is 30.7 Å². The second kappa shape index (κ2) is 6.99. The smallest absolute Gasteiger partial charge is 0.143 e. The van der Waals surface area contributed by atoms with Crippen LogP contribution in [0.5, 0.6) is 0 Å². The van der Waals surface area contributed by atoms with Gasteiger partial charge in [-0.2, -0.15) is 5.26 Å². The Morgan fingerprint density at radius 2 is 1.87 bits per heavy atom. The minimum absolute atomic E-state index is 0.525. The van der Waals surface area contributed by atoms with Crippen LogP contribution in [0.3, 0.4) is 0 Å². The van der Waals surface area contributed by atoms with Crippen molar-refractivity contribution in [2.75, 3.05) is 31.1 Å². The van der Waals surface area contributed by atoms with E-state index in [-0.39, 0.29) is 0 Å². The van der Waals surface area contributed by atoms with Crippen molar-refractivity contribution in [2.24, 2.45) is 0 Å². The van der Waals surface area contributed by atoms with Gasteiger partial charge in [-0.1, -0.05) is 29.8 Å². The van der Waals surface area contributed by atoms with Crippen molar-refractivity contribution >= 4 is 17.3 Å². The number of nitriles is 1. The zero-order valence-electron chi connectivity index (χ0n) is 13.2. The van der Waals surface area contributed by atoms with Gasteiger partial charge in [0.25, 0.3) is 0 Å². The molecule has 0 aliphatic carbocycles. The lowest BCUT2D eigenvalue weighted by Gasteiger charge is -2.36. The first kappa shape index (κ1) is 15.8. The van der Waals surface area contributed by atoms with E-state index in [2.05, 4.69) is 26.9 Å². The Bertz CT molecular complexity index is 730. The van der Waals surface area contributed by atoms with Gasteiger partial charge in [0.05, 0.1) is 16.4 Å². The highest BCUT2D eigenvalue weighted by atomic mass is 35.5. The summed E-state index contributed by atoms with van der Waals surface area (Å²) < 4.78 is 0. The number of benzene rings is 1. The number of anilines is 1. The Kier molecular flexibility index (Phi) is 4.80. The molecule has 0 bridgehead atoms. The Morgan fingerprint density at radius 3 is 2.57 bits per heavy atom. The number of piperazine rings is 1. The van der Waals surface area contributed by atoms with Gasteiger partial charge in [0.15, 0.2) is 0 Å². The summed E-state index contributed by atoms with van der Waals surface area (Å²) in [5, 5.41) is 9.90. The fourth-order valence-corrected chi connectivity index (χ4v) is 3.11. The summed E-state index contributed by atoms with van der Waals surface area (Å²) in [5.41, 5.74) is 3.52. The number of hydrogen-bond acceptors (Lipinski definition) is 4. The summed E-state index contributed by atoms with van der Waals surface area (Å²) in [7, 11) is 0. The molecule has 0 amide bonds. The Morgan fingerprint density at radius 1 is 1.13 bits per heavy atom. The summed E-state index contributed by atoms with van der Waals surface area (Å²) in [6, 6.07) is 14.1. The van der Waals surface area contributed by atoms with Gasteiger partial charge in [-0.3, -0.25) is 4.90 Å². The van der Waals surface area contributed by atoms with Gasteiger partial charge < -0.3 is 4.90 Å². The summed E-state index contributed by atoms with van der Waals surface area (Å²) >= 11 is 6.28. The molecule has 0 radical (unpaired) electrons. The third-order valence-corrected chi connectivity index (χ3v) is 4.53. The van der Waals surface area contributed by atoms with Gasteiger partial charge in [-0.15, -0.1) is 0 Å². The first-order valence-electron chi connectivity index (χ1n) is 7.76. The predicted octanol–water partition coefficient (Wildman–Crippen LogP) is 3.24. The molecule has 0 unspecified atom stereocenters.